The highest BCUT2D eigenvalue weighted by Gasteiger charge is 2.15. The van der Waals surface area contributed by atoms with Gasteiger partial charge in [-0.2, -0.15) is 10.4 Å². The molecule has 3 aromatic rings. The Labute approximate surface area is 162 Å². The van der Waals surface area contributed by atoms with Crippen molar-refractivity contribution < 1.29 is 0 Å². The summed E-state index contributed by atoms with van der Waals surface area (Å²) in [6, 6.07) is 14.5. The van der Waals surface area contributed by atoms with Crippen molar-refractivity contribution in [2.24, 2.45) is 7.05 Å². The minimum atomic E-state index is 0.634. The molecule has 0 saturated heterocycles. The molecule has 0 aliphatic carbocycles. The van der Waals surface area contributed by atoms with Gasteiger partial charge in [-0.05, 0) is 72.1 Å². The Kier molecular flexibility index (Phi) is 4.88. The fourth-order valence-electron chi connectivity index (χ4n) is 3.26. The highest BCUT2D eigenvalue weighted by atomic mass is 79.9. The molecule has 3 rings (SSSR count). The molecule has 0 fully saturated rings. The number of nitrogens with zero attached hydrogens (tertiary/aromatic N) is 4. The first-order valence-corrected chi connectivity index (χ1v) is 9.17. The molecule has 1 heterocycles. The molecular weight excluding hydrogens is 388 g/mol. The largest absolute Gasteiger partial charge is 0.344 e. The minimum Gasteiger partial charge on any atom is -0.344 e. The smallest absolute Gasteiger partial charge is 0.100 e. The monoisotopic (exact) mass is 408 g/mol. The molecule has 132 valence electrons. The maximum atomic E-state index is 9.12. The van der Waals surface area contributed by atoms with E-state index in [2.05, 4.69) is 64.0 Å². The number of aromatic nitrogens is 2. The van der Waals surface area contributed by atoms with Gasteiger partial charge in [-0.25, -0.2) is 0 Å². The molecule has 0 N–H and O–H groups in total. The Hall–Kier alpha value is -2.58. The molecule has 0 saturated carbocycles. The van der Waals surface area contributed by atoms with Gasteiger partial charge in [0.05, 0.1) is 11.3 Å². The van der Waals surface area contributed by atoms with Gasteiger partial charge in [0.1, 0.15) is 6.07 Å². The lowest BCUT2D eigenvalue weighted by Crippen LogP contribution is -2.11. The first kappa shape index (κ1) is 18.2. The molecule has 0 bridgehead atoms. The van der Waals surface area contributed by atoms with Gasteiger partial charge in [-0.3, -0.25) is 4.68 Å². The average molecular weight is 409 g/mol. The average Bonchev–Trinajstić information content (AvgIpc) is 2.87. The Morgan fingerprint density at radius 3 is 2.42 bits per heavy atom. The number of hydrogen-bond acceptors (Lipinski definition) is 3. The van der Waals surface area contributed by atoms with Gasteiger partial charge in [-0.1, -0.05) is 12.1 Å². The lowest BCUT2D eigenvalue weighted by molar-refractivity contribution is 0.731. The maximum Gasteiger partial charge on any atom is 0.100 e. The number of nitriles is 1. The third kappa shape index (κ3) is 3.13. The summed E-state index contributed by atoms with van der Waals surface area (Å²) in [4.78, 5) is 2.14. The Morgan fingerprint density at radius 1 is 1.12 bits per heavy atom. The number of anilines is 2. The molecule has 0 aliphatic heterocycles. The zero-order valence-electron chi connectivity index (χ0n) is 15.6. The summed E-state index contributed by atoms with van der Waals surface area (Å²) >= 11 is 3.48. The molecule has 0 aliphatic rings. The number of halogens is 1. The van der Waals surface area contributed by atoms with E-state index in [1.165, 1.54) is 11.1 Å². The number of rotatable bonds is 3. The summed E-state index contributed by atoms with van der Waals surface area (Å²) in [5.41, 5.74) is 8.50. The first-order chi connectivity index (χ1) is 12.3. The number of benzene rings is 2. The van der Waals surface area contributed by atoms with Crippen LogP contribution in [0.5, 0.6) is 0 Å². The van der Waals surface area contributed by atoms with E-state index in [4.69, 9.17) is 5.26 Å². The van der Waals surface area contributed by atoms with Gasteiger partial charge < -0.3 is 4.90 Å². The van der Waals surface area contributed by atoms with Crippen LogP contribution in [0, 0.1) is 32.1 Å². The van der Waals surface area contributed by atoms with E-state index in [1.54, 1.807) is 0 Å². The molecule has 5 heteroatoms. The lowest BCUT2D eigenvalue weighted by atomic mass is 10.0. The van der Waals surface area contributed by atoms with Crippen LogP contribution in [0.15, 0.2) is 40.9 Å². The normalized spacial score (nSPS) is 10.7. The van der Waals surface area contributed by atoms with Gasteiger partial charge in [0.2, 0.25) is 0 Å². The Bertz CT molecular complexity index is 1030. The zero-order valence-corrected chi connectivity index (χ0v) is 17.2. The summed E-state index contributed by atoms with van der Waals surface area (Å²) in [5.74, 6) is 0. The molecule has 0 spiro atoms. The van der Waals surface area contributed by atoms with Gasteiger partial charge in [0.25, 0.3) is 0 Å². The first-order valence-electron chi connectivity index (χ1n) is 8.38. The summed E-state index contributed by atoms with van der Waals surface area (Å²) < 4.78 is 2.73. The van der Waals surface area contributed by atoms with Crippen molar-refractivity contribution in [3.8, 4) is 17.2 Å². The molecule has 2 aromatic carbocycles. The van der Waals surface area contributed by atoms with Crippen LogP contribution in [0.1, 0.15) is 22.5 Å². The summed E-state index contributed by atoms with van der Waals surface area (Å²) in [5, 5.41) is 13.7. The summed E-state index contributed by atoms with van der Waals surface area (Å²) in [6.07, 6.45) is 0. The third-order valence-corrected chi connectivity index (χ3v) is 5.48. The Morgan fingerprint density at radius 2 is 1.85 bits per heavy atom. The van der Waals surface area contributed by atoms with Crippen molar-refractivity contribution in [3.05, 3.63) is 63.4 Å². The van der Waals surface area contributed by atoms with E-state index in [9.17, 15) is 0 Å². The van der Waals surface area contributed by atoms with E-state index < -0.39 is 0 Å². The number of hydrogen-bond donors (Lipinski definition) is 0. The molecule has 0 atom stereocenters. The lowest BCUT2D eigenvalue weighted by Gasteiger charge is -2.23. The van der Waals surface area contributed by atoms with Crippen molar-refractivity contribution in [2.75, 3.05) is 11.9 Å². The molecular formula is C21H21BrN4. The second-order valence-electron chi connectivity index (χ2n) is 6.51. The maximum absolute atomic E-state index is 9.12. The molecule has 0 unspecified atom stereocenters. The molecule has 0 amide bonds. The molecule has 4 nitrogen and oxygen atoms in total. The van der Waals surface area contributed by atoms with E-state index in [0.29, 0.717) is 5.56 Å². The highest BCUT2D eigenvalue weighted by Crippen LogP contribution is 2.35. The molecule has 1 aromatic heterocycles. The van der Waals surface area contributed by atoms with E-state index >= 15 is 0 Å². The van der Waals surface area contributed by atoms with Gasteiger partial charge in [0, 0.05) is 41.2 Å². The third-order valence-electron chi connectivity index (χ3n) is 4.83. The van der Waals surface area contributed by atoms with Crippen molar-refractivity contribution in [2.45, 2.75) is 20.8 Å². The van der Waals surface area contributed by atoms with Crippen molar-refractivity contribution >= 4 is 27.3 Å². The van der Waals surface area contributed by atoms with Gasteiger partial charge >= 0.3 is 0 Å². The van der Waals surface area contributed by atoms with E-state index in [1.807, 2.05) is 43.9 Å². The van der Waals surface area contributed by atoms with Gasteiger partial charge in [0.15, 0.2) is 0 Å². The summed E-state index contributed by atoms with van der Waals surface area (Å²) in [6.45, 7) is 6.25. The van der Waals surface area contributed by atoms with Crippen LogP contribution in [-0.2, 0) is 7.05 Å². The highest BCUT2D eigenvalue weighted by molar-refractivity contribution is 9.10. The van der Waals surface area contributed by atoms with Crippen molar-refractivity contribution in [1.82, 2.24) is 9.78 Å². The second kappa shape index (κ2) is 6.97. The van der Waals surface area contributed by atoms with Gasteiger partial charge in [-0.15, -0.1) is 0 Å². The quantitative estimate of drug-likeness (QED) is 0.581. The summed E-state index contributed by atoms with van der Waals surface area (Å²) in [7, 11) is 4.02. The Balaban J connectivity index is 2.08. The number of aryl methyl sites for hydroxylation is 3. The fraction of sp³-hybridized carbons (Fsp3) is 0.238. The predicted molar refractivity (Wildman–Crippen MR) is 110 cm³/mol. The van der Waals surface area contributed by atoms with E-state index in [0.717, 1.165) is 32.8 Å². The molecule has 26 heavy (non-hydrogen) atoms. The van der Waals surface area contributed by atoms with Crippen LogP contribution in [0.3, 0.4) is 0 Å². The minimum absolute atomic E-state index is 0.634. The SMILES string of the molecule is Cc1ccc(-c2c(C)nn(C)c2C)cc1N(C)c1ccc(C#N)c(Br)c1. The predicted octanol–water partition coefficient (Wildman–Crippen LogP) is 5.41. The topological polar surface area (TPSA) is 44.9 Å². The van der Waals surface area contributed by atoms with Crippen molar-refractivity contribution in [3.63, 3.8) is 0 Å². The van der Waals surface area contributed by atoms with Crippen LogP contribution in [0.2, 0.25) is 0 Å². The van der Waals surface area contributed by atoms with Crippen LogP contribution >= 0.6 is 15.9 Å². The van der Waals surface area contributed by atoms with E-state index in [-0.39, 0.29) is 0 Å². The standard InChI is InChI=1S/C21H21BrN4/c1-13-6-7-16(21-14(2)24-26(5)15(21)3)10-20(13)25(4)18-9-8-17(12-23)19(22)11-18/h6-11H,1-5H3. The van der Waals surface area contributed by atoms with Crippen LogP contribution in [0.4, 0.5) is 11.4 Å². The van der Waals surface area contributed by atoms with Crippen LogP contribution in [-0.4, -0.2) is 16.8 Å². The van der Waals surface area contributed by atoms with Crippen LogP contribution in [0.25, 0.3) is 11.1 Å². The fourth-order valence-corrected chi connectivity index (χ4v) is 3.72. The molecule has 0 radical (unpaired) electrons. The second-order valence-corrected chi connectivity index (χ2v) is 7.36. The zero-order chi connectivity index (χ0) is 19.0. The van der Waals surface area contributed by atoms with Crippen LogP contribution < -0.4 is 4.90 Å². The van der Waals surface area contributed by atoms with Crippen molar-refractivity contribution in [1.29, 1.82) is 5.26 Å².